The van der Waals surface area contributed by atoms with Gasteiger partial charge in [-0.2, -0.15) is 0 Å². The number of hydrogen-bond donors (Lipinski definition) is 2. The second-order valence-electron chi connectivity index (χ2n) is 8.68. The maximum Gasteiger partial charge on any atom is 0.355 e. The van der Waals surface area contributed by atoms with Gasteiger partial charge in [-0.15, -0.1) is 0 Å². The number of aryl methyl sites for hydroxylation is 2. The molecule has 1 aromatic heterocycles. The summed E-state index contributed by atoms with van der Waals surface area (Å²) in [4.78, 5) is 40.2. The largest absolute Gasteiger partial charge is 0.461 e. The van der Waals surface area contributed by atoms with E-state index in [9.17, 15) is 22.8 Å². The van der Waals surface area contributed by atoms with Gasteiger partial charge in [-0.1, -0.05) is 6.07 Å². The molecule has 0 radical (unpaired) electrons. The van der Waals surface area contributed by atoms with Crippen LogP contribution in [-0.4, -0.2) is 49.9 Å². The third-order valence-corrected chi connectivity index (χ3v) is 6.47. The van der Waals surface area contributed by atoms with Gasteiger partial charge in [0.2, 0.25) is 15.8 Å². The highest BCUT2D eigenvalue weighted by Crippen LogP contribution is 2.21. The van der Waals surface area contributed by atoms with Crippen LogP contribution >= 0.6 is 0 Å². The Balaban J connectivity index is 2.22. The van der Waals surface area contributed by atoms with E-state index in [1.54, 1.807) is 48.5 Å². The van der Waals surface area contributed by atoms with Crippen LogP contribution < -0.4 is 4.72 Å². The Morgan fingerprint density at radius 2 is 1.67 bits per heavy atom. The van der Waals surface area contributed by atoms with Crippen LogP contribution in [0.25, 0.3) is 0 Å². The number of carbonyl (C=O) groups is 3. The predicted molar refractivity (Wildman–Crippen MR) is 122 cm³/mol. The van der Waals surface area contributed by atoms with Crippen molar-refractivity contribution in [2.24, 2.45) is 0 Å². The molecule has 0 bridgehead atoms. The molecule has 0 atom stereocenters. The Morgan fingerprint density at radius 3 is 2.24 bits per heavy atom. The number of ketones is 1. The molecule has 0 saturated carbocycles. The van der Waals surface area contributed by atoms with Crippen LogP contribution in [0, 0.1) is 20.8 Å². The number of sulfonamides is 1. The minimum atomic E-state index is -3.86. The van der Waals surface area contributed by atoms with E-state index in [4.69, 9.17) is 9.47 Å². The average Bonchev–Trinajstić information content (AvgIpc) is 2.98. The zero-order valence-corrected chi connectivity index (χ0v) is 20.7. The molecular weight excluding hydrogens is 448 g/mol. The summed E-state index contributed by atoms with van der Waals surface area (Å²) < 4.78 is 37.9. The van der Waals surface area contributed by atoms with Crippen LogP contribution in [0.3, 0.4) is 0 Å². The van der Waals surface area contributed by atoms with Crippen molar-refractivity contribution in [2.75, 3.05) is 13.2 Å². The third-order valence-electron chi connectivity index (χ3n) is 4.71. The van der Waals surface area contributed by atoms with Gasteiger partial charge in [-0.25, -0.2) is 22.7 Å². The monoisotopic (exact) mass is 478 g/mol. The highest BCUT2D eigenvalue weighted by atomic mass is 32.2. The van der Waals surface area contributed by atoms with Crippen molar-refractivity contribution in [2.45, 2.75) is 58.9 Å². The number of rotatable bonds is 8. The first-order chi connectivity index (χ1) is 15.2. The molecule has 10 heteroatoms. The van der Waals surface area contributed by atoms with E-state index in [0.29, 0.717) is 16.8 Å². The maximum atomic E-state index is 12.7. The van der Waals surface area contributed by atoms with Crippen molar-refractivity contribution < 1.29 is 32.3 Å². The van der Waals surface area contributed by atoms with Crippen LogP contribution in [0.4, 0.5) is 0 Å². The summed E-state index contributed by atoms with van der Waals surface area (Å²) >= 11 is 0. The maximum absolute atomic E-state index is 12.7. The van der Waals surface area contributed by atoms with Crippen LogP contribution in [0.1, 0.15) is 75.7 Å². The smallest absolute Gasteiger partial charge is 0.355 e. The van der Waals surface area contributed by atoms with E-state index in [0.717, 1.165) is 0 Å². The first kappa shape index (κ1) is 26.3. The van der Waals surface area contributed by atoms with Crippen molar-refractivity contribution in [3.05, 3.63) is 51.8 Å². The van der Waals surface area contributed by atoms with Crippen molar-refractivity contribution in [1.82, 2.24) is 9.71 Å². The molecule has 0 aliphatic carbocycles. The average molecular weight is 479 g/mol. The molecule has 0 aliphatic heterocycles. The Hall–Kier alpha value is -2.98. The molecule has 0 amide bonds. The minimum absolute atomic E-state index is 0.0364. The lowest BCUT2D eigenvalue weighted by Gasteiger charge is -2.20. The molecule has 2 rings (SSSR count). The number of Topliss-reactive ketones (excluding diaryl/α,β-unsaturated/α-hetero) is 1. The number of H-pyrrole nitrogens is 1. The summed E-state index contributed by atoms with van der Waals surface area (Å²) in [6, 6.07) is 4.12. The second-order valence-corrected chi connectivity index (χ2v) is 10.4. The number of benzene rings is 1. The van der Waals surface area contributed by atoms with Gasteiger partial charge in [0, 0.05) is 16.8 Å². The summed E-state index contributed by atoms with van der Waals surface area (Å²) in [6.07, 6.45) is 0. The number of hydrogen-bond acceptors (Lipinski definition) is 7. The van der Waals surface area contributed by atoms with Gasteiger partial charge in [0.25, 0.3) is 0 Å². The molecule has 1 heterocycles. The molecule has 2 N–H and O–H groups in total. The second kappa shape index (κ2) is 9.88. The lowest BCUT2D eigenvalue weighted by Crippen LogP contribution is -2.40. The highest BCUT2D eigenvalue weighted by Gasteiger charge is 2.26. The van der Waals surface area contributed by atoms with Gasteiger partial charge in [-0.05, 0) is 71.7 Å². The molecule has 0 spiro atoms. The third kappa shape index (κ3) is 6.29. The zero-order valence-electron chi connectivity index (χ0n) is 19.9. The minimum Gasteiger partial charge on any atom is -0.461 e. The molecular formula is C23H30N2O7S. The molecule has 1 aromatic carbocycles. The number of aromatic nitrogens is 1. The normalized spacial score (nSPS) is 11.8. The first-order valence-electron chi connectivity index (χ1n) is 10.4. The summed E-state index contributed by atoms with van der Waals surface area (Å²) in [7, 11) is -3.86. The van der Waals surface area contributed by atoms with Crippen LogP contribution in [-0.2, 0) is 19.5 Å². The van der Waals surface area contributed by atoms with Crippen molar-refractivity contribution in [3.63, 3.8) is 0 Å². The van der Waals surface area contributed by atoms with E-state index in [1.165, 1.54) is 18.2 Å². The summed E-state index contributed by atoms with van der Waals surface area (Å²) in [5, 5.41) is 0. The van der Waals surface area contributed by atoms with Crippen molar-refractivity contribution >= 4 is 27.7 Å². The van der Waals surface area contributed by atoms with E-state index >= 15 is 0 Å². The van der Waals surface area contributed by atoms with E-state index in [1.807, 2.05) is 0 Å². The number of esters is 2. The van der Waals surface area contributed by atoms with Gasteiger partial charge < -0.3 is 14.5 Å². The summed E-state index contributed by atoms with van der Waals surface area (Å²) in [5.41, 5.74) is 1.11. The molecule has 180 valence electrons. The van der Waals surface area contributed by atoms with Crippen LogP contribution in [0.2, 0.25) is 0 Å². The molecule has 9 nitrogen and oxygen atoms in total. The van der Waals surface area contributed by atoms with E-state index < -0.39 is 39.9 Å². The van der Waals surface area contributed by atoms with Crippen LogP contribution in [0.15, 0.2) is 23.1 Å². The quantitative estimate of drug-likeness (QED) is 0.440. The Kier molecular flexibility index (Phi) is 7.87. The lowest BCUT2D eigenvalue weighted by molar-refractivity contribution is 0.0472. The number of nitrogens with one attached hydrogen (secondary N) is 2. The summed E-state index contributed by atoms with van der Waals surface area (Å²) in [6.45, 7) is 11.3. The van der Waals surface area contributed by atoms with E-state index in [2.05, 4.69) is 9.71 Å². The number of aromatic amines is 1. The number of ether oxygens (including phenoxy) is 2. The standard InChI is InChI=1S/C23H30N2O7S/c1-8-31-22(28)20-14(3)19(15(4)24-20)18(26)12-32-21(27)17-11-16(10-9-13(17)2)33(29,30)25-23(5,6)7/h9-11,24-25H,8,12H2,1-7H3. The molecule has 0 saturated heterocycles. The topological polar surface area (TPSA) is 132 Å². The predicted octanol–water partition coefficient (Wildman–Crippen LogP) is 3.23. The van der Waals surface area contributed by atoms with Gasteiger partial charge >= 0.3 is 11.9 Å². The molecule has 0 unspecified atom stereocenters. The zero-order chi connectivity index (χ0) is 25.1. The van der Waals surface area contributed by atoms with Gasteiger partial charge in [-0.3, -0.25) is 4.79 Å². The highest BCUT2D eigenvalue weighted by molar-refractivity contribution is 7.89. The lowest BCUT2D eigenvalue weighted by atomic mass is 10.1. The van der Waals surface area contributed by atoms with Crippen molar-refractivity contribution in [1.29, 1.82) is 0 Å². The Morgan fingerprint density at radius 1 is 1.03 bits per heavy atom. The Labute approximate surface area is 193 Å². The number of carbonyl (C=O) groups excluding carboxylic acids is 3. The van der Waals surface area contributed by atoms with Gasteiger partial charge in [0.1, 0.15) is 5.69 Å². The fraction of sp³-hybridized carbons (Fsp3) is 0.435. The summed E-state index contributed by atoms with van der Waals surface area (Å²) in [5.74, 6) is -1.90. The Bertz CT molecular complexity index is 1190. The molecule has 2 aromatic rings. The molecule has 0 fully saturated rings. The van der Waals surface area contributed by atoms with Gasteiger partial charge in [0.05, 0.1) is 17.1 Å². The molecule has 33 heavy (non-hydrogen) atoms. The van der Waals surface area contributed by atoms with Crippen molar-refractivity contribution in [3.8, 4) is 0 Å². The fourth-order valence-electron chi connectivity index (χ4n) is 3.31. The van der Waals surface area contributed by atoms with Gasteiger partial charge in [0.15, 0.2) is 6.61 Å². The van der Waals surface area contributed by atoms with Crippen LogP contribution in [0.5, 0.6) is 0 Å². The van der Waals surface area contributed by atoms with E-state index in [-0.39, 0.29) is 28.3 Å². The first-order valence-corrected chi connectivity index (χ1v) is 11.9. The molecule has 0 aliphatic rings. The SMILES string of the molecule is CCOC(=O)c1[nH]c(C)c(C(=O)COC(=O)c2cc(S(=O)(=O)NC(C)(C)C)ccc2C)c1C. The fourth-order valence-corrected chi connectivity index (χ4v) is 4.75.